The summed E-state index contributed by atoms with van der Waals surface area (Å²) >= 11 is 1.71. The fraction of sp³-hybridized carbons (Fsp3) is 0.308. The van der Waals surface area contributed by atoms with Crippen molar-refractivity contribution in [2.75, 3.05) is 32.1 Å². The zero-order chi connectivity index (χ0) is 23.0. The van der Waals surface area contributed by atoms with Crippen LogP contribution in [-0.4, -0.2) is 42.7 Å². The number of nitrogens with zero attached hydrogens (tertiary/aromatic N) is 2. The predicted molar refractivity (Wildman–Crippen MR) is 133 cm³/mol. The third kappa shape index (κ3) is 6.35. The van der Waals surface area contributed by atoms with Crippen molar-refractivity contribution in [1.82, 2.24) is 9.88 Å². The van der Waals surface area contributed by atoms with E-state index in [0.29, 0.717) is 31.3 Å². The van der Waals surface area contributed by atoms with Gasteiger partial charge in [-0.25, -0.2) is 9.78 Å². The van der Waals surface area contributed by atoms with Gasteiger partial charge in [0, 0.05) is 25.6 Å². The molecule has 1 aromatic carbocycles. The molecule has 0 aliphatic carbocycles. The van der Waals surface area contributed by atoms with Gasteiger partial charge in [0.15, 0.2) is 0 Å². The van der Waals surface area contributed by atoms with E-state index in [9.17, 15) is 4.79 Å². The SMILES string of the molecule is COc1ccc(NC(=O)N2CC/C(=C\c3cccc(OCCc4ccsc4)c3)C(C)C2)cn1. The van der Waals surface area contributed by atoms with E-state index in [2.05, 4.69) is 52.3 Å². The number of urea groups is 1. The van der Waals surface area contributed by atoms with E-state index in [1.807, 2.05) is 17.0 Å². The smallest absolute Gasteiger partial charge is 0.321 e. The van der Waals surface area contributed by atoms with Gasteiger partial charge in [-0.05, 0) is 58.5 Å². The number of methoxy groups -OCH3 is 1. The summed E-state index contributed by atoms with van der Waals surface area (Å²) in [6.07, 6.45) is 5.60. The first-order valence-corrected chi connectivity index (χ1v) is 12.1. The van der Waals surface area contributed by atoms with Crippen LogP contribution in [0.4, 0.5) is 10.5 Å². The van der Waals surface area contributed by atoms with Gasteiger partial charge in [0.1, 0.15) is 5.75 Å². The molecule has 3 heterocycles. The molecule has 1 N–H and O–H groups in total. The number of nitrogens with one attached hydrogen (secondary N) is 1. The first-order valence-electron chi connectivity index (χ1n) is 11.1. The Morgan fingerprint density at radius 1 is 1.30 bits per heavy atom. The summed E-state index contributed by atoms with van der Waals surface area (Å²) in [5.74, 6) is 1.69. The number of amides is 2. The largest absolute Gasteiger partial charge is 0.493 e. The number of anilines is 1. The van der Waals surface area contributed by atoms with Gasteiger partial charge >= 0.3 is 6.03 Å². The van der Waals surface area contributed by atoms with Crippen molar-refractivity contribution >= 4 is 29.1 Å². The van der Waals surface area contributed by atoms with Crippen LogP contribution in [0.5, 0.6) is 11.6 Å². The molecular formula is C26H29N3O3S. The topological polar surface area (TPSA) is 63.7 Å². The lowest BCUT2D eigenvalue weighted by Gasteiger charge is -2.33. The molecule has 0 radical (unpaired) electrons. The Balaban J connectivity index is 1.31. The van der Waals surface area contributed by atoms with Crippen molar-refractivity contribution < 1.29 is 14.3 Å². The summed E-state index contributed by atoms with van der Waals surface area (Å²) in [5.41, 5.74) is 4.45. The quantitative estimate of drug-likeness (QED) is 0.486. The molecule has 2 aromatic heterocycles. The molecule has 1 aliphatic rings. The zero-order valence-electron chi connectivity index (χ0n) is 19.0. The minimum absolute atomic E-state index is 0.103. The molecule has 1 fully saturated rings. The third-order valence-corrected chi connectivity index (χ3v) is 6.46. The van der Waals surface area contributed by atoms with Crippen molar-refractivity contribution in [1.29, 1.82) is 0 Å². The van der Waals surface area contributed by atoms with Gasteiger partial charge in [0.25, 0.3) is 0 Å². The summed E-state index contributed by atoms with van der Waals surface area (Å²) in [5, 5.41) is 7.17. The van der Waals surface area contributed by atoms with Crippen LogP contribution in [-0.2, 0) is 6.42 Å². The molecule has 2 amide bonds. The van der Waals surface area contributed by atoms with Crippen LogP contribution in [0.15, 0.2) is 65.0 Å². The van der Waals surface area contributed by atoms with E-state index in [4.69, 9.17) is 9.47 Å². The second kappa shape index (κ2) is 11.0. The summed E-state index contributed by atoms with van der Waals surface area (Å²) in [7, 11) is 1.57. The molecular weight excluding hydrogens is 434 g/mol. The van der Waals surface area contributed by atoms with Crippen molar-refractivity contribution in [3.8, 4) is 11.6 Å². The standard InChI is InChI=1S/C26H29N3O3S/c1-19-17-29(26(30)28-23-6-7-25(31-2)27-16-23)11-8-22(19)14-21-4-3-5-24(15-21)32-12-9-20-10-13-33-18-20/h3-7,10,13-16,18-19H,8-9,11-12,17H2,1-2H3,(H,28,30)/b22-14+. The zero-order valence-corrected chi connectivity index (χ0v) is 19.8. The highest BCUT2D eigenvalue weighted by Gasteiger charge is 2.24. The Morgan fingerprint density at radius 3 is 2.94 bits per heavy atom. The summed E-state index contributed by atoms with van der Waals surface area (Å²) in [6, 6.07) is 13.8. The number of hydrogen-bond acceptors (Lipinski definition) is 5. The predicted octanol–water partition coefficient (Wildman–Crippen LogP) is 5.73. The number of carbonyl (C=O) groups excluding carboxylic acids is 1. The van der Waals surface area contributed by atoms with Crippen molar-refractivity contribution in [2.24, 2.45) is 5.92 Å². The van der Waals surface area contributed by atoms with Crippen LogP contribution in [0, 0.1) is 5.92 Å². The summed E-state index contributed by atoms with van der Waals surface area (Å²) < 4.78 is 11.0. The summed E-state index contributed by atoms with van der Waals surface area (Å²) in [4.78, 5) is 18.7. The number of thiophene rings is 1. The maximum absolute atomic E-state index is 12.7. The van der Waals surface area contributed by atoms with Crippen molar-refractivity contribution in [2.45, 2.75) is 19.8 Å². The molecule has 172 valence electrons. The third-order valence-electron chi connectivity index (χ3n) is 5.73. The average molecular weight is 464 g/mol. The monoisotopic (exact) mass is 463 g/mol. The van der Waals surface area contributed by atoms with Crippen LogP contribution in [0.3, 0.4) is 0 Å². The number of pyridine rings is 1. The molecule has 0 saturated carbocycles. The van der Waals surface area contributed by atoms with E-state index in [1.54, 1.807) is 36.8 Å². The Kier molecular flexibility index (Phi) is 7.62. The Labute approximate surface area is 198 Å². The lowest BCUT2D eigenvalue weighted by atomic mass is 9.91. The van der Waals surface area contributed by atoms with E-state index in [-0.39, 0.29) is 11.9 Å². The average Bonchev–Trinajstić information content (AvgIpc) is 3.35. The van der Waals surface area contributed by atoms with Crippen LogP contribution < -0.4 is 14.8 Å². The fourth-order valence-corrected chi connectivity index (χ4v) is 4.56. The van der Waals surface area contributed by atoms with Crippen LogP contribution in [0.25, 0.3) is 6.08 Å². The molecule has 4 rings (SSSR count). The molecule has 1 unspecified atom stereocenters. The number of benzene rings is 1. The second-order valence-corrected chi connectivity index (χ2v) is 8.92. The van der Waals surface area contributed by atoms with Crippen molar-refractivity contribution in [3.63, 3.8) is 0 Å². The molecule has 6 nitrogen and oxygen atoms in total. The van der Waals surface area contributed by atoms with E-state index < -0.39 is 0 Å². The molecule has 0 bridgehead atoms. The van der Waals surface area contributed by atoms with Crippen LogP contribution in [0.1, 0.15) is 24.5 Å². The number of likely N-dealkylation sites (tertiary alicyclic amines) is 1. The first kappa shape index (κ1) is 22.9. The lowest BCUT2D eigenvalue weighted by Crippen LogP contribution is -2.42. The second-order valence-electron chi connectivity index (χ2n) is 8.14. The highest BCUT2D eigenvalue weighted by molar-refractivity contribution is 7.07. The van der Waals surface area contributed by atoms with Gasteiger partial charge in [-0.15, -0.1) is 0 Å². The number of ether oxygens (including phenoxy) is 2. The number of piperidine rings is 1. The maximum Gasteiger partial charge on any atom is 0.321 e. The number of aromatic nitrogens is 1. The molecule has 33 heavy (non-hydrogen) atoms. The molecule has 3 aromatic rings. The lowest BCUT2D eigenvalue weighted by molar-refractivity contribution is 0.198. The van der Waals surface area contributed by atoms with Crippen molar-refractivity contribution in [3.05, 3.63) is 76.1 Å². The van der Waals surface area contributed by atoms with Gasteiger partial charge in [0.2, 0.25) is 5.88 Å². The molecule has 1 atom stereocenters. The van der Waals surface area contributed by atoms with E-state index in [1.165, 1.54) is 11.1 Å². The van der Waals surface area contributed by atoms with Crippen LogP contribution >= 0.6 is 11.3 Å². The highest BCUT2D eigenvalue weighted by Crippen LogP contribution is 2.26. The fourth-order valence-electron chi connectivity index (χ4n) is 3.86. The van der Waals surface area contributed by atoms with Gasteiger partial charge < -0.3 is 19.7 Å². The Morgan fingerprint density at radius 2 is 2.21 bits per heavy atom. The summed E-state index contributed by atoms with van der Waals surface area (Å²) in [6.45, 7) is 4.20. The maximum atomic E-state index is 12.7. The van der Waals surface area contributed by atoms with E-state index >= 15 is 0 Å². The first-order chi connectivity index (χ1) is 16.1. The minimum Gasteiger partial charge on any atom is -0.493 e. The van der Waals surface area contributed by atoms with Gasteiger partial charge in [-0.2, -0.15) is 11.3 Å². The van der Waals surface area contributed by atoms with Gasteiger partial charge in [-0.3, -0.25) is 0 Å². The molecule has 7 heteroatoms. The molecule has 1 aliphatic heterocycles. The minimum atomic E-state index is -0.103. The number of carbonyl (C=O) groups is 1. The van der Waals surface area contributed by atoms with Gasteiger partial charge in [-0.1, -0.05) is 30.7 Å². The Bertz CT molecular complexity index is 1080. The number of hydrogen-bond donors (Lipinski definition) is 1. The molecule has 1 saturated heterocycles. The molecule has 0 spiro atoms. The normalized spacial score (nSPS) is 17.1. The van der Waals surface area contributed by atoms with Crippen LogP contribution in [0.2, 0.25) is 0 Å². The van der Waals surface area contributed by atoms with E-state index in [0.717, 1.165) is 24.2 Å². The highest BCUT2D eigenvalue weighted by atomic mass is 32.1. The van der Waals surface area contributed by atoms with Gasteiger partial charge in [0.05, 0.1) is 25.6 Å². The number of rotatable bonds is 7. The Hall–Kier alpha value is -3.32.